The lowest BCUT2D eigenvalue weighted by atomic mass is 10.1. The minimum absolute atomic E-state index is 0.000336. The number of rotatable bonds is 6. The topological polar surface area (TPSA) is 60.9 Å². The molecule has 0 N–H and O–H groups in total. The fourth-order valence-electron chi connectivity index (χ4n) is 4.43. The average molecular weight is 462 g/mol. The van der Waals surface area contributed by atoms with Crippen molar-refractivity contribution in [3.63, 3.8) is 0 Å². The molecule has 4 rings (SSSR count). The summed E-state index contributed by atoms with van der Waals surface area (Å²) in [4.78, 5) is 18.9. The van der Waals surface area contributed by atoms with Crippen molar-refractivity contribution in [3.8, 4) is 0 Å². The van der Waals surface area contributed by atoms with E-state index in [9.17, 15) is 13.2 Å². The standard InChI is InChI=1S/C23H31N3O3S2/c1-19-6-2-3-11-26(19)31(28,29)22-9-4-7-20(18-22)23(27)25-15-13-24(14-16-25)12-10-21-8-5-17-30-21/h4-5,7-9,17-19H,2-3,6,10-16H2,1H3. The Morgan fingerprint density at radius 2 is 1.87 bits per heavy atom. The second-order valence-corrected chi connectivity index (χ2v) is 11.4. The van der Waals surface area contributed by atoms with Crippen molar-refractivity contribution in [2.45, 2.75) is 43.5 Å². The van der Waals surface area contributed by atoms with Crippen LogP contribution in [0.25, 0.3) is 0 Å². The van der Waals surface area contributed by atoms with Gasteiger partial charge in [0.2, 0.25) is 10.0 Å². The Morgan fingerprint density at radius 3 is 2.58 bits per heavy atom. The first kappa shape index (κ1) is 22.5. The van der Waals surface area contributed by atoms with Crippen LogP contribution in [0.2, 0.25) is 0 Å². The molecular formula is C23H31N3O3S2. The predicted octanol–water partition coefficient (Wildman–Crippen LogP) is 3.31. The maximum atomic E-state index is 13.2. The highest BCUT2D eigenvalue weighted by Crippen LogP contribution is 2.26. The zero-order chi connectivity index (χ0) is 21.8. The first-order valence-corrected chi connectivity index (χ1v) is 13.4. The highest BCUT2D eigenvalue weighted by atomic mass is 32.2. The molecule has 8 heteroatoms. The summed E-state index contributed by atoms with van der Waals surface area (Å²) in [5.41, 5.74) is 0.456. The number of carbonyl (C=O) groups excluding carboxylic acids is 1. The molecule has 2 saturated heterocycles. The van der Waals surface area contributed by atoms with Gasteiger partial charge in [0.15, 0.2) is 0 Å². The van der Waals surface area contributed by atoms with E-state index in [1.807, 2.05) is 11.8 Å². The van der Waals surface area contributed by atoms with Gasteiger partial charge in [0.1, 0.15) is 0 Å². The van der Waals surface area contributed by atoms with E-state index in [2.05, 4.69) is 22.4 Å². The Labute approximate surface area is 189 Å². The quantitative estimate of drug-likeness (QED) is 0.662. The lowest BCUT2D eigenvalue weighted by molar-refractivity contribution is 0.0638. The van der Waals surface area contributed by atoms with E-state index in [-0.39, 0.29) is 16.8 Å². The third-order valence-corrected chi connectivity index (χ3v) is 9.29. The molecule has 2 aromatic rings. The van der Waals surface area contributed by atoms with E-state index in [1.54, 1.807) is 39.9 Å². The fourth-order valence-corrected chi connectivity index (χ4v) is 6.88. The summed E-state index contributed by atoms with van der Waals surface area (Å²) < 4.78 is 27.9. The van der Waals surface area contributed by atoms with Gasteiger partial charge < -0.3 is 4.90 Å². The van der Waals surface area contributed by atoms with Gasteiger partial charge >= 0.3 is 0 Å². The first-order chi connectivity index (χ1) is 14.9. The van der Waals surface area contributed by atoms with E-state index in [1.165, 1.54) is 4.88 Å². The molecule has 0 saturated carbocycles. The summed E-state index contributed by atoms with van der Waals surface area (Å²) in [5.74, 6) is -0.0818. The van der Waals surface area contributed by atoms with E-state index >= 15 is 0 Å². The summed E-state index contributed by atoms with van der Waals surface area (Å²) in [6.45, 7) is 6.55. The summed E-state index contributed by atoms with van der Waals surface area (Å²) in [5, 5.41) is 2.10. The van der Waals surface area contributed by atoms with E-state index < -0.39 is 10.0 Å². The summed E-state index contributed by atoms with van der Waals surface area (Å²) >= 11 is 1.78. The normalized spacial score (nSPS) is 21.3. The highest BCUT2D eigenvalue weighted by Gasteiger charge is 2.31. The van der Waals surface area contributed by atoms with Crippen LogP contribution in [-0.2, 0) is 16.4 Å². The maximum Gasteiger partial charge on any atom is 0.253 e. The fraction of sp³-hybridized carbons (Fsp3) is 0.522. The molecule has 2 fully saturated rings. The van der Waals surface area contributed by atoms with Crippen LogP contribution in [0.3, 0.4) is 0 Å². The number of thiophene rings is 1. The number of hydrogen-bond acceptors (Lipinski definition) is 5. The van der Waals surface area contributed by atoms with E-state index in [0.29, 0.717) is 25.2 Å². The third kappa shape index (κ3) is 5.19. The number of nitrogens with zero attached hydrogens (tertiary/aromatic N) is 3. The van der Waals surface area contributed by atoms with E-state index in [0.717, 1.165) is 45.3 Å². The van der Waals surface area contributed by atoms with Crippen LogP contribution in [0.5, 0.6) is 0 Å². The second kappa shape index (κ2) is 9.81. The van der Waals surface area contributed by atoms with Crippen molar-refractivity contribution >= 4 is 27.3 Å². The third-order valence-electron chi connectivity index (χ3n) is 6.34. The Hall–Kier alpha value is -1.74. The van der Waals surface area contributed by atoms with Gasteiger partial charge in [-0.3, -0.25) is 9.69 Å². The smallest absolute Gasteiger partial charge is 0.253 e. The summed E-state index contributed by atoms with van der Waals surface area (Å²) in [7, 11) is -3.58. The van der Waals surface area contributed by atoms with Gasteiger partial charge in [0.05, 0.1) is 4.90 Å². The van der Waals surface area contributed by atoms with Crippen LogP contribution < -0.4 is 0 Å². The number of piperazine rings is 1. The molecule has 0 aliphatic carbocycles. The van der Waals surface area contributed by atoms with Crippen molar-refractivity contribution in [1.82, 2.24) is 14.1 Å². The molecular weight excluding hydrogens is 430 g/mol. The number of hydrogen-bond donors (Lipinski definition) is 0. The summed E-state index contributed by atoms with van der Waals surface area (Å²) in [6.07, 6.45) is 3.87. The molecule has 2 aliphatic heterocycles. The van der Waals surface area contributed by atoms with Crippen LogP contribution in [0.15, 0.2) is 46.7 Å². The van der Waals surface area contributed by atoms with Gasteiger partial charge in [0, 0.05) is 55.8 Å². The van der Waals surface area contributed by atoms with Crippen LogP contribution in [0.1, 0.15) is 41.4 Å². The van der Waals surface area contributed by atoms with Gasteiger partial charge in [-0.15, -0.1) is 11.3 Å². The molecule has 2 aliphatic rings. The van der Waals surface area contributed by atoms with Crippen molar-refractivity contribution in [1.29, 1.82) is 0 Å². The van der Waals surface area contributed by atoms with Crippen LogP contribution >= 0.6 is 11.3 Å². The molecule has 1 unspecified atom stereocenters. The van der Waals surface area contributed by atoms with Crippen molar-refractivity contribution < 1.29 is 13.2 Å². The monoisotopic (exact) mass is 461 g/mol. The number of benzene rings is 1. The Balaban J connectivity index is 1.38. The van der Waals surface area contributed by atoms with Crippen molar-refractivity contribution in [2.24, 2.45) is 0 Å². The molecule has 0 spiro atoms. The Kier molecular flexibility index (Phi) is 7.11. The Morgan fingerprint density at radius 1 is 1.06 bits per heavy atom. The maximum absolute atomic E-state index is 13.2. The lowest BCUT2D eigenvalue weighted by Crippen LogP contribution is -2.49. The molecule has 0 bridgehead atoms. The molecule has 1 aromatic carbocycles. The predicted molar refractivity (Wildman–Crippen MR) is 124 cm³/mol. The molecule has 31 heavy (non-hydrogen) atoms. The minimum atomic E-state index is -3.58. The van der Waals surface area contributed by atoms with Gasteiger partial charge in [0.25, 0.3) is 5.91 Å². The highest BCUT2D eigenvalue weighted by molar-refractivity contribution is 7.89. The van der Waals surface area contributed by atoms with Gasteiger partial charge in [-0.25, -0.2) is 8.42 Å². The van der Waals surface area contributed by atoms with Gasteiger partial charge in [-0.05, 0) is 55.8 Å². The SMILES string of the molecule is CC1CCCCN1S(=O)(=O)c1cccc(C(=O)N2CCN(CCc3cccs3)CC2)c1. The average Bonchev–Trinajstić information content (AvgIpc) is 3.31. The molecule has 1 amide bonds. The number of amides is 1. The second-order valence-electron chi connectivity index (χ2n) is 8.45. The lowest BCUT2D eigenvalue weighted by Gasteiger charge is -2.35. The molecule has 3 heterocycles. The number of sulfonamides is 1. The number of piperidine rings is 1. The number of carbonyl (C=O) groups is 1. The van der Waals surface area contributed by atoms with E-state index in [4.69, 9.17) is 0 Å². The van der Waals surface area contributed by atoms with Crippen LogP contribution in [0, 0.1) is 0 Å². The Bertz CT molecular complexity index is 983. The van der Waals surface area contributed by atoms with Crippen molar-refractivity contribution in [2.75, 3.05) is 39.3 Å². The minimum Gasteiger partial charge on any atom is -0.336 e. The van der Waals surface area contributed by atoms with Gasteiger partial charge in [-0.1, -0.05) is 18.6 Å². The molecule has 0 radical (unpaired) electrons. The molecule has 1 atom stereocenters. The largest absolute Gasteiger partial charge is 0.336 e. The molecule has 168 valence electrons. The molecule has 1 aromatic heterocycles. The van der Waals surface area contributed by atoms with Crippen LogP contribution in [-0.4, -0.2) is 73.7 Å². The van der Waals surface area contributed by atoms with Crippen molar-refractivity contribution in [3.05, 3.63) is 52.2 Å². The van der Waals surface area contributed by atoms with Gasteiger partial charge in [-0.2, -0.15) is 4.31 Å². The molecule has 6 nitrogen and oxygen atoms in total. The zero-order valence-electron chi connectivity index (χ0n) is 18.1. The van der Waals surface area contributed by atoms with Crippen LogP contribution in [0.4, 0.5) is 0 Å². The first-order valence-electron chi connectivity index (χ1n) is 11.1. The zero-order valence-corrected chi connectivity index (χ0v) is 19.7. The summed E-state index contributed by atoms with van der Waals surface area (Å²) in [6, 6.07) is 10.8.